The Bertz CT molecular complexity index is 644. The van der Waals surface area contributed by atoms with Crippen molar-refractivity contribution < 1.29 is 9.53 Å². The molecule has 0 amide bonds. The van der Waals surface area contributed by atoms with Crippen molar-refractivity contribution in [1.82, 2.24) is 0 Å². The van der Waals surface area contributed by atoms with Gasteiger partial charge in [0.2, 0.25) is 0 Å². The third-order valence-corrected chi connectivity index (χ3v) is 4.73. The second kappa shape index (κ2) is 5.03. The minimum Gasteiger partial charge on any atom is -0.445 e. The number of hydrogen-bond acceptors (Lipinski definition) is 5. The largest absolute Gasteiger partial charge is 0.445 e. The minimum absolute atomic E-state index is 0.103. The summed E-state index contributed by atoms with van der Waals surface area (Å²) in [6, 6.07) is 3.91. The average Bonchev–Trinajstić information content (AvgIpc) is 2.90. The Morgan fingerprint density at radius 2 is 2.25 bits per heavy atom. The second-order valence-electron chi connectivity index (χ2n) is 4.81. The second-order valence-corrected chi connectivity index (χ2v) is 6.23. The number of carbonyl (C=O) groups is 1. The molecule has 0 spiro atoms. The van der Waals surface area contributed by atoms with Gasteiger partial charge in [0, 0.05) is 23.3 Å². The molecule has 4 nitrogen and oxygen atoms in total. The van der Waals surface area contributed by atoms with Crippen molar-refractivity contribution in [2.45, 2.75) is 25.2 Å². The fourth-order valence-corrected chi connectivity index (χ4v) is 3.80. The Morgan fingerprint density at radius 1 is 1.45 bits per heavy atom. The molecule has 0 saturated carbocycles. The predicted molar refractivity (Wildman–Crippen MR) is 82.0 cm³/mol. The molecule has 1 atom stereocenters. The molecule has 0 radical (unpaired) electrons. The maximum Gasteiger partial charge on any atom is 0.197 e. The Morgan fingerprint density at radius 3 is 2.90 bits per heavy atom. The summed E-state index contributed by atoms with van der Waals surface area (Å²) in [4.78, 5) is 13.5. The van der Waals surface area contributed by atoms with Crippen LogP contribution in [0.15, 0.2) is 40.3 Å². The molecule has 2 aliphatic rings. The zero-order valence-electron chi connectivity index (χ0n) is 10.7. The van der Waals surface area contributed by atoms with Gasteiger partial charge in [0.25, 0.3) is 0 Å². The van der Waals surface area contributed by atoms with E-state index in [-0.39, 0.29) is 22.6 Å². The van der Waals surface area contributed by atoms with Crippen LogP contribution in [-0.2, 0) is 9.53 Å². The molecule has 0 fully saturated rings. The van der Waals surface area contributed by atoms with Crippen molar-refractivity contribution in [1.29, 1.82) is 0 Å². The molecule has 0 aromatic carbocycles. The van der Waals surface area contributed by atoms with Crippen molar-refractivity contribution in [3.63, 3.8) is 0 Å². The van der Waals surface area contributed by atoms with Gasteiger partial charge in [0.05, 0.1) is 11.5 Å². The van der Waals surface area contributed by atoms with Crippen molar-refractivity contribution in [2.75, 3.05) is 0 Å². The lowest BCUT2D eigenvalue weighted by atomic mass is 9.80. The molecule has 1 aliphatic heterocycles. The quantitative estimate of drug-likeness (QED) is 0.820. The lowest BCUT2D eigenvalue weighted by molar-refractivity contribution is -0.116. The number of allylic oxidation sites excluding steroid dienone is 2. The first kappa shape index (κ1) is 13.3. The Labute approximate surface area is 126 Å². The first-order valence-electron chi connectivity index (χ1n) is 6.36. The van der Waals surface area contributed by atoms with Crippen LogP contribution in [0.3, 0.4) is 0 Å². The van der Waals surface area contributed by atoms with E-state index in [0.29, 0.717) is 23.3 Å². The number of hydrogen-bond donors (Lipinski definition) is 2. The van der Waals surface area contributed by atoms with Gasteiger partial charge in [-0.15, -0.1) is 11.3 Å². The topological polar surface area (TPSA) is 78.3 Å². The predicted octanol–water partition coefficient (Wildman–Crippen LogP) is 2.33. The van der Waals surface area contributed by atoms with Crippen LogP contribution in [0.1, 0.15) is 30.1 Å². The van der Waals surface area contributed by atoms with Crippen molar-refractivity contribution in [3.8, 4) is 0 Å². The van der Waals surface area contributed by atoms with Crippen molar-refractivity contribution in [2.24, 2.45) is 11.5 Å². The van der Waals surface area contributed by atoms with E-state index in [1.54, 1.807) is 11.3 Å². The minimum atomic E-state index is -0.274. The normalized spacial score (nSPS) is 22.6. The summed E-state index contributed by atoms with van der Waals surface area (Å²) in [7, 11) is 0. The Balaban J connectivity index is 2.19. The third-order valence-electron chi connectivity index (χ3n) is 3.58. The number of ketones is 1. The lowest BCUT2D eigenvalue weighted by Gasteiger charge is -2.32. The molecule has 0 bridgehead atoms. The summed E-state index contributed by atoms with van der Waals surface area (Å²) < 4.78 is 5.62. The standard InChI is InChI=1S/C14H14N2O2S2/c15-13-12(14(16)19)11(9-5-2-6-20-9)10-7(17)3-1-4-8(10)18-13/h2,5-6,11H,1,3-4,15H2,(H2,16,19)/t11-/m0/s1. The van der Waals surface area contributed by atoms with Crippen molar-refractivity contribution in [3.05, 3.63) is 45.2 Å². The van der Waals surface area contributed by atoms with E-state index < -0.39 is 0 Å². The van der Waals surface area contributed by atoms with Gasteiger partial charge in [0.15, 0.2) is 11.7 Å². The van der Waals surface area contributed by atoms with Crippen LogP contribution in [0.4, 0.5) is 0 Å². The van der Waals surface area contributed by atoms with Crippen LogP contribution in [0, 0.1) is 0 Å². The number of Topliss-reactive ketones (excluding diaryl/α,β-unsaturated/α-hetero) is 1. The molecular formula is C14H14N2O2S2. The van der Waals surface area contributed by atoms with E-state index in [1.165, 1.54) is 0 Å². The molecule has 1 aromatic heterocycles. The van der Waals surface area contributed by atoms with E-state index >= 15 is 0 Å². The highest BCUT2D eigenvalue weighted by Gasteiger charge is 2.39. The fourth-order valence-electron chi connectivity index (χ4n) is 2.74. The molecule has 0 unspecified atom stereocenters. The molecule has 20 heavy (non-hydrogen) atoms. The van der Waals surface area contributed by atoms with Gasteiger partial charge >= 0.3 is 0 Å². The van der Waals surface area contributed by atoms with Gasteiger partial charge in [-0.1, -0.05) is 18.3 Å². The smallest absolute Gasteiger partial charge is 0.197 e. The number of rotatable bonds is 2. The van der Waals surface area contributed by atoms with Crippen LogP contribution in [-0.4, -0.2) is 10.8 Å². The SMILES string of the molecule is NC(=S)C1=C(N)OC2=C(C(=O)CCC2)[C@@H]1c1cccs1. The molecule has 1 aromatic rings. The van der Waals surface area contributed by atoms with Gasteiger partial charge < -0.3 is 16.2 Å². The van der Waals surface area contributed by atoms with E-state index in [9.17, 15) is 4.79 Å². The van der Waals surface area contributed by atoms with Gasteiger partial charge in [-0.05, 0) is 17.9 Å². The molecule has 1 aliphatic carbocycles. The van der Waals surface area contributed by atoms with Gasteiger partial charge in [-0.3, -0.25) is 4.79 Å². The number of ether oxygens (including phenoxy) is 1. The molecule has 104 valence electrons. The van der Waals surface area contributed by atoms with Gasteiger partial charge in [-0.25, -0.2) is 0 Å². The maximum atomic E-state index is 12.3. The van der Waals surface area contributed by atoms with Crippen molar-refractivity contribution >= 4 is 34.3 Å². The Kier molecular flexibility index (Phi) is 3.35. The molecule has 3 rings (SSSR count). The first-order chi connectivity index (χ1) is 9.59. The third kappa shape index (κ3) is 2.05. The van der Waals surface area contributed by atoms with Crippen LogP contribution >= 0.6 is 23.6 Å². The van der Waals surface area contributed by atoms with E-state index in [0.717, 1.165) is 17.7 Å². The molecular weight excluding hydrogens is 292 g/mol. The van der Waals surface area contributed by atoms with Crippen LogP contribution < -0.4 is 11.5 Å². The van der Waals surface area contributed by atoms with Crippen LogP contribution in [0.5, 0.6) is 0 Å². The highest BCUT2D eigenvalue weighted by atomic mass is 32.1. The maximum absolute atomic E-state index is 12.3. The number of nitrogens with two attached hydrogens (primary N) is 2. The zero-order chi connectivity index (χ0) is 14.3. The summed E-state index contributed by atoms with van der Waals surface area (Å²) in [5, 5.41) is 1.96. The van der Waals surface area contributed by atoms with E-state index in [4.69, 9.17) is 28.4 Å². The molecule has 0 saturated heterocycles. The summed E-state index contributed by atoms with van der Waals surface area (Å²) in [6.45, 7) is 0. The molecule has 4 N–H and O–H groups in total. The molecule has 2 heterocycles. The number of thiocarbonyl (C=S) groups is 1. The average molecular weight is 306 g/mol. The molecule has 6 heteroatoms. The van der Waals surface area contributed by atoms with Crippen LogP contribution in [0.25, 0.3) is 0 Å². The number of carbonyl (C=O) groups excluding carboxylic acids is 1. The summed E-state index contributed by atoms with van der Waals surface area (Å²) in [5.41, 5.74) is 13.0. The fraction of sp³-hybridized carbons (Fsp3) is 0.286. The summed E-state index contributed by atoms with van der Waals surface area (Å²) in [6.07, 6.45) is 2.06. The highest BCUT2D eigenvalue weighted by Crippen LogP contribution is 2.44. The lowest BCUT2D eigenvalue weighted by Crippen LogP contribution is -2.32. The first-order valence-corrected chi connectivity index (χ1v) is 7.65. The van der Waals surface area contributed by atoms with Gasteiger partial charge in [-0.2, -0.15) is 0 Å². The van der Waals surface area contributed by atoms with Gasteiger partial charge in [0.1, 0.15) is 10.7 Å². The number of thiophene rings is 1. The summed E-state index contributed by atoms with van der Waals surface area (Å²) in [5.74, 6) is 0.733. The van der Waals surface area contributed by atoms with E-state index in [1.807, 2.05) is 17.5 Å². The van der Waals surface area contributed by atoms with Crippen LogP contribution in [0.2, 0.25) is 0 Å². The zero-order valence-corrected chi connectivity index (χ0v) is 12.4. The summed E-state index contributed by atoms with van der Waals surface area (Å²) >= 11 is 6.67. The Hall–Kier alpha value is -1.66. The van der Waals surface area contributed by atoms with E-state index in [2.05, 4.69) is 0 Å². The highest BCUT2D eigenvalue weighted by molar-refractivity contribution is 7.80. The monoisotopic (exact) mass is 306 g/mol.